The van der Waals surface area contributed by atoms with Gasteiger partial charge in [0.25, 0.3) is 0 Å². The van der Waals surface area contributed by atoms with Crippen molar-refractivity contribution in [3.8, 4) is 0 Å². The van der Waals surface area contributed by atoms with E-state index in [1.165, 1.54) is 0 Å². The largest absolute Gasteiger partial charge is 0.469 e. The third-order valence-corrected chi connectivity index (χ3v) is 4.90. The van der Waals surface area contributed by atoms with Crippen molar-refractivity contribution in [1.82, 2.24) is 15.6 Å². The minimum atomic E-state index is -0.235. The lowest BCUT2D eigenvalue weighted by molar-refractivity contribution is -0.122. The van der Waals surface area contributed by atoms with Crippen LogP contribution in [0.5, 0.6) is 0 Å². The average molecular weight is 384 g/mol. The molecule has 1 unspecified atom stereocenters. The number of furan rings is 1. The lowest BCUT2D eigenvalue weighted by atomic mass is 9.97. The minimum absolute atomic E-state index is 0.118. The van der Waals surface area contributed by atoms with Crippen molar-refractivity contribution in [2.45, 2.75) is 25.8 Å². The Morgan fingerprint density at radius 2 is 2.29 bits per heavy atom. The molecule has 1 fully saturated rings. The van der Waals surface area contributed by atoms with Crippen LogP contribution in [0.2, 0.25) is 0 Å². The summed E-state index contributed by atoms with van der Waals surface area (Å²) in [5.74, 6) is 2.20. The summed E-state index contributed by atoms with van der Waals surface area (Å²) in [7, 11) is 1.74. The monoisotopic (exact) mass is 384 g/mol. The summed E-state index contributed by atoms with van der Waals surface area (Å²) in [4.78, 5) is 22.6. The molecule has 0 bridgehead atoms. The molecule has 0 radical (unpaired) electrons. The van der Waals surface area contributed by atoms with Gasteiger partial charge < -0.3 is 25.7 Å². The van der Waals surface area contributed by atoms with Gasteiger partial charge in [0.05, 0.1) is 12.2 Å². The van der Waals surface area contributed by atoms with Crippen LogP contribution in [0.15, 0.2) is 46.1 Å². The zero-order valence-corrected chi connectivity index (χ0v) is 16.2. The standard InChI is InChI=1S/C20H28N6O2/c1-22-20(24-10-8-17-7-4-12-28-17)25-13-15-5-2-9-23-19(15)26-11-3-6-16(14-26)18(21)27/h2,4-5,7,9,12,16H,3,6,8,10-11,13-14H2,1H3,(H2,21,27)(H2,22,24,25). The molecule has 1 atom stereocenters. The zero-order chi connectivity index (χ0) is 19.8. The van der Waals surface area contributed by atoms with Gasteiger partial charge in [0, 0.05) is 51.4 Å². The molecule has 1 aliphatic rings. The summed E-state index contributed by atoms with van der Waals surface area (Å²) in [6.07, 6.45) is 6.03. The number of rotatable bonds is 7. The number of guanidine groups is 1. The zero-order valence-electron chi connectivity index (χ0n) is 16.2. The van der Waals surface area contributed by atoms with Crippen LogP contribution in [-0.2, 0) is 17.8 Å². The number of aromatic nitrogens is 1. The number of carbonyl (C=O) groups excluding carboxylic acids is 1. The summed E-state index contributed by atoms with van der Waals surface area (Å²) in [5.41, 5.74) is 6.57. The minimum Gasteiger partial charge on any atom is -0.469 e. The van der Waals surface area contributed by atoms with Crippen molar-refractivity contribution >= 4 is 17.7 Å². The van der Waals surface area contributed by atoms with Gasteiger partial charge in [0.1, 0.15) is 11.6 Å². The SMILES string of the molecule is CN=C(NCCc1ccco1)NCc1cccnc1N1CCCC(C(N)=O)C1. The molecule has 0 aromatic carbocycles. The molecule has 8 heteroatoms. The van der Waals surface area contributed by atoms with E-state index in [0.29, 0.717) is 13.1 Å². The lowest BCUT2D eigenvalue weighted by Gasteiger charge is -2.33. The van der Waals surface area contributed by atoms with Crippen molar-refractivity contribution in [2.24, 2.45) is 16.6 Å². The summed E-state index contributed by atoms with van der Waals surface area (Å²) in [6.45, 7) is 2.81. The second kappa shape index (κ2) is 9.77. The number of nitrogens with two attached hydrogens (primary N) is 1. The molecule has 28 heavy (non-hydrogen) atoms. The molecule has 8 nitrogen and oxygen atoms in total. The Morgan fingerprint density at radius 1 is 1.39 bits per heavy atom. The Kier molecular flexibility index (Phi) is 6.89. The van der Waals surface area contributed by atoms with E-state index >= 15 is 0 Å². The summed E-state index contributed by atoms with van der Waals surface area (Å²) < 4.78 is 5.34. The van der Waals surface area contributed by atoms with Crippen LogP contribution in [0, 0.1) is 5.92 Å². The van der Waals surface area contributed by atoms with Gasteiger partial charge in [0.2, 0.25) is 5.91 Å². The summed E-state index contributed by atoms with van der Waals surface area (Å²) in [6, 6.07) is 7.80. The molecule has 3 heterocycles. The number of anilines is 1. The highest BCUT2D eigenvalue weighted by Crippen LogP contribution is 2.24. The summed E-state index contributed by atoms with van der Waals surface area (Å²) >= 11 is 0. The van der Waals surface area contributed by atoms with Crippen LogP contribution in [-0.4, -0.2) is 43.5 Å². The molecular formula is C20H28N6O2. The normalized spacial score (nSPS) is 17.4. The maximum absolute atomic E-state index is 11.6. The fraction of sp³-hybridized carbons (Fsp3) is 0.450. The Hall–Kier alpha value is -3.03. The lowest BCUT2D eigenvalue weighted by Crippen LogP contribution is -2.42. The second-order valence-electron chi connectivity index (χ2n) is 6.86. The molecule has 4 N–H and O–H groups in total. The maximum atomic E-state index is 11.6. The van der Waals surface area contributed by atoms with E-state index in [2.05, 4.69) is 25.5 Å². The van der Waals surface area contributed by atoms with Gasteiger partial charge in [-0.25, -0.2) is 4.98 Å². The maximum Gasteiger partial charge on any atom is 0.222 e. The van der Waals surface area contributed by atoms with Crippen molar-refractivity contribution < 1.29 is 9.21 Å². The predicted octanol–water partition coefficient (Wildman–Crippen LogP) is 1.28. The predicted molar refractivity (Wildman–Crippen MR) is 109 cm³/mol. The van der Waals surface area contributed by atoms with Gasteiger partial charge in [-0.1, -0.05) is 6.07 Å². The fourth-order valence-electron chi connectivity index (χ4n) is 3.41. The molecule has 1 amide bonds. The molecule has 0 aliphatic carbocycles. The number of hydrogen-bond acceptors (Lipinski definition) is 5. The summed E-state index contributed by atoms with van der Waals surface area (Å²) in [5, 5.41) is 6.61. The number of aliphatic imine (C=N–C) groups is 1. The van der Waals surface area contributed by atoms with E-state index < -0.39 is 0 Å². The number of nitrogens with one attached hydrogen (secondary N) is 2. The Bertz CT molecular complexity index is 790. The average Bonchev–Trinajstić information content (AvgIpc) is 3.24. The molecule has 1 saturated heterocycles. The fourth-order valence-corrected chi connectivity index (χ4v) is 3.41. The van der Waals surface area contributed by atoms with Crippen LogP contribution in [0.25, 0.3) is 0 Å². The quantitative estimate of drug-likeness (QED) is 0.490. The highest BCUT2D eigenvalue weighted by molar-refractivity contribution is 5.80. The molecule has 150 valence electrons. The number of primary amides is 1. The van der Waals surface area contributed by atoms with Crippen LogP contribution >= 0.6 is 0 Å². The van der Waals surface area contributed by atoms with Gasteiger partial charge in [-0.15, -0.1) is 0 Å². The molecule has 0 spiro atoms. The molecular weight excluding hydrogens is 356 g/mol. The number of hydrogen-bond donors (Lipinski definition) is 3. The number of nitrogens with zero attached hydrogens (tertiary/aromatic N) is 3. The van der Waals surface area contributed by atoms with Crippen molar-refractivity contribution in [2.75, 3.05) is 31.6 Å². The van der Waals surface area contributed by atoms with Gasteiger partial charge in [0.15, 0.2) is 5.96 Å². The van der Waals surface area contributed by atoms with Crippen LogP contribution < -0.4 is 21.3 Å². The van der Waals surface area contributed by atoms with E-state index in [9.17, 15) is 4.79 Å². The van der Waals surface area contributed by atoms with Gasteiger partial charge in [-0.05, 0) is 31.0 Å². The number of pyridine rings is 1. The van der Waals surface area contributed by atoms with Gasteiger partial charge >= 0.3 is 0 Å². The highest BCUT2D eigenvalue weighted by Gasteiger charge is 2.25. The van der Waals surface area contributed by atoms with Crippen molar-refractivity contribution in [3.05, 3.63) is 48.0 Å². The van der Waals surface area contributed by atoms with Crippen LogP contribution in [0.4, 0.5) is 5.82 Å². The molecule has 1 aliphatic heterocycles. The number of amides is 1. The van der Waals surface area contributed by atoms with Crippen molar-refractivity contribution in [1.29, 1.82) is 0 Å². The van der Waals surface area contributed by atoms with Gasteiger partial charge in [-0.3, -0.25) is 9.79 Å². The van der Waals surface area contributed by atoms with Crippen molar-refractivity contribution in [3.63, 3.8) is 0 Å². The van der Waals surface area contributed by atoms with E-state index in [-0.39, 0.29) is 11.8 Å². The first-order valence-electron chi connectivity index (χ1n) is 9.62. The number of piperidine rings is 1. The molecule has 3 rings (SSSR count). The topological polar surface area (TPSA) is 109 Å². The smallest absolute Gasteiger partial charge is 0.222 e. The third-order valence-electron chi connectivity index (χ3n) is 4.90. The number of carbonyl (C=O) groups is 1. The van der Waals surface area contributed by atoms with E-state index in [1.807, 2.05) is 24.3 Å². The van der Waals surface area contributed by atoms with E-state index in [1.54, 1.807) is 19.5 Å². The second-order valence-corrected chi connectivity index (χ2v) is 6.86. The van der Waals surface area contributed by atoms with Crippen LogP contribution in [0.3, 0.4) is 0 Å². The Morgan fingerprint density at radius 3 is 3.04 bits per heavy atom. The first-order chi connectivity index (χ1) is 13.7. The molecule has 2 aromatic heterocycles. The molecule has 2 aromatic rings. The van der Waals surface area contributed by atoms with Gasteiger partial charge in [-0.2, -0.15) is 0 Å². The first-order valence-corrected chi connectivity index (χ1v) is 9.62. The highest BCUT2D eigenvalue weighted by atomic mass is 16.3. The molecule has 0 saturated carbocycles. The van der Waals surface area contributed by atoms with Crippen LogP contribution in [0.1, 0.15) is 24.2 Å². The Balaban J connectivity index is 1.57. The van der Waals surface area contributed by atoms with E-state index in [0.717, 1.165) is 55.5 Å². The van der Waals surface area contributed by atoms with E-state index in [4.69, 9.17) is 10.2 Å². The first kappa shape index (κ1) is 19.7. The third kappa shape index (κ3) is 5.25. The Labute approximate surface area is 165 Å².